The van der Waals surface area contributed by atoms with E-state index >= 15 is 0 Å². The molecule has 5 rings (SSSR count). The standard InChI is InChI=1S/C28H29N5O3S/c1-35-22-9-7-20(8-10-22)28-30-21(18-37-28)17-29-27(34)19-13-15-33(16-14-19)26-12-11-24(31-32-26)23-5-3-4-6-25(23)36-2/h3-12,18-19H,13-17H2,1-2H3,(H,29,34). The first-order valence-electron chi connectivity index (χ1n) is 12.2. The Morgan fingerprint density at radius 1 is 1.00 bits per heavy atom. The Morgan fingerprint density at radius 2 is 1.78 bits per heavy atom. The van der Waals surface area contributed by atoms with E-state index in [1.165, 1.54) is 0 Å². The van der Waals surface area contributed by atoms with E-state index in [1.807, 2.05) is 66.0 Å². The molecular weight excluding hydrogens is 486 g/mol. The summed E-state index contributed by atoms with van der Waals surface area (Å²) in [5, 5.41) is 14.9. The molecule has 8 nitrogen and oxygen atoms in total. The second kappa shape index (κ2) is 11.4. The molecule has 0 radical (unpaired) electrons. The Bertz CT molecular complexity index is 1330. The first-order valence-corrected chi connectivity index (χ1v) is 13.1. The molecule has 1 aliphatic rings. The fourth-order valence-corrected chi connectivity index (χ4v) is 5.27. The lowest BCUT2D eigenvalue weighted by Gasteiger charge is -2.31. The molecule has 0 spiro atoms. The van der Waals surface area contributed by atoms with Gasteiger partial charge in [-0.25, -0.2) is 4.98 Å². The number of rotatable bonds is 8. The highest BCUT2D eigenvalue weighted by Crippen LogP contribution is 2.29. The number of para-hydroxylation sites is 1. The summed E-state index contributed by atoms with van der Waals surface area (Å²) in [6.07, 6.45) is 1.55. The van der Waals surface area contributed by atoms with E-state index in [2.05, 4.69) is 25.4 Å². The highest BCUT2D eigenvalue weighted by molar-refractivity contribution is 7.13. The van der Waals surface area contributed by atoms with Gasteiger partial charge in [-0.1, -0.05) is 12.1 Å². The van der Waals surface area contributed by atoms with Crippen LogP contribution in [0.4, 0.5) is 5.82 Å². The lowest BCUT2D eigenvalue weighted by atomic mass is 9.96. The van der Waals surface area contributed by atoms with Crippen molar-refractivity contribution in [2.24, 2.45) is 5.92 Å². The van der Waals surface area contributed by atoms with Gasteiger partial charge in [0.1, 0.15) is 16.5 Å². The number of carbonyl (C=O) groups excluding carboxylic acids is 1. The number of thiazole rings is 1. The van der Waals surface area contributed by atoms with Crippen molar-refractivity contribution in [3.63, 3.8) is 0 Å². The molecule has 0 bridgehead atoms. The van der Waals surface area contributed by atoms with Crippen LogP contribution < -0.4 is 19.7 Å². The van der Waals surface area contributed by atoms with Crippen LogP contribution in [0.15, 0.2) is 66.0 Å². The topological polar surface area (TPSA) is 89.5 Å². The van der Waals surface area contributed by atoms with Crippen LogP contribution in [-0.4, -0.2) is 48.4 Å². The van der Waals surface area contributed by atoms with Gasteiger partial charge in [-0.05, 0) is 61.4 Å². The summed E-state index contributed by atoms with van der Waals surface area (Å²) in [4.78, 5) is 19.7. The van der Waals surface area contributed by atoms with Crippen LogP contribution in [0.2, 0.25) is 0 Å². The first-order chi connectivity index (χ1) is 18.1. The van der Waals surface area contributed by atoms with E-state index < -0.39 is 0 Å². The molecule has 1 aliphatic heterocycles. The van der Waals surface area contributed by atoms with E-state index in [0.29, 0.717) is 6.54 Å². The number of nitrogens with one attached hydrogen (secondary N) is 1. The fraction of sp³-hybridized carbons (Fsp3) is 0.286. The molecule has 9 heteroatoms. The van der Waals surface area contributed by atoms with Crippen molar-refractivity contribution in [1.29, 1.82) is 0 Å². The second-order valence-corrected chi connectivity index (χ2v) is 9.69. The summed E-state index contributed by atoms with van der Waals surface area (Å²) in [5.74, 6) is 2.47. The van der Waals surface area contributed by atoms with Crippen LogP contribution in [0.25, 0.3) is 21.8 Å². The number of benzene rings is 2. The Morgan fingerprint density at radius 3 is 2.49 bits per heavy atom. The predicted octanol–water partition coefficient (Wildman–Crippen LogP) is 4.82. The largest absolute Gasteiger partial charge is 0.497 e. The Labute approximate surface area is 220 Å². The maximum absolute atomic E-state index is 12.8. The van der Waals surface area contributed by atoms with E-state index in [9.17, 15) is 4.79 Å². The number of aromatic nitrogens is 3. The van der Waals surface area contributed by atoms with Crippen molar-refractivity contribution in [2.75, 3.05) is 32.2 Å². The molecule has 0 saturated carbocycles. The summed E-state index contributed by atoms with van der Waals surface area (Å²) in [7, 11) is 3.30. The number of anilines is 1. The average molecular weight is 516 g/mol. The van der Waals surface area contributed by atoms with Crippen molar-refractivity contribution in [2.45, 2.75) is 19.4 Å². The van der Waals surface area contributed by atoms with Gasteiger partial charge >= 0.3 is 0 Å². The van der Waals surface area contributed by atoms with Crippen molar-refractivity contribution in [3.05, 3.63) is 71.7 Å². The Balaban J connectivity index is 1.12. The molecule has 4 aromatic rings. The summed E-state index contributed by atoms with van der Waals surface area (Å²) in [6, 6.07) is 19.5. The SMILES string of the molecule is COc1ccc(-c2nc(CNC(=O)C3CCN(c4ccc(-c5ccccc5OC)nn4)CC3)cs2)cc1. The minimum Gasteiger partial charge on any atom is -0.497 e. The maximum atomic E-state index is 12.8. The van der Waals surface area contributed by atoms with E-state index in [-0.39, 0.29) is 11.8 Å². The Kier molecular flexibility index (Phi) is 7.60. The minimum atomic E-state index is -0.0169. The normalized spacial score (nSPS) is 13.8. The number of methoxy groups -OCH3 is 2. The van der Waals surface area contributed by atoms with Gasteiger partial charge in [0.25, 0.3) is 0 Å². The van der Waals surface area contributed by atoms with Crippen molar-refractivity contribution in [3.8, 4) is 33.3 Å². The number of hydrogen-bond donors (Lipinski definition) is 1. The number of hydrogen-bond acceptors (Lipinski definition) is 8. The molecule has 37 heavy (non-hydrogen) atoms. The molecule has 0 aliphatic carbocycles. The van der Waals surface area contributed by atoms with Crippen LogP contribution in [-0.2, 0) is 11.3 Å². The molecule has 1 saturated heterocycles. The van der Waals surface area contributed by atoms with Crippen LogP contribution in [0, 0.1) is 5.92 Å². The zero-order chi connectivity index (χ0) is 25.6. The highest BCUT2D eigenvalue weighted by Gasteiger charge is 2.26. The molecule has 0 unspecified atom stereocenters. The molecular formula is C28H29N5O3S. The van der Waals surface area contributed by atoms with E-state index in [1.54, 1.807) is 25.6 Å². The van der Waals surface area contributed by atoms with Gasteiger partial charge < -0.3 is 19.7 Å². The third kappa shape index (κ3) is 5.72. The lowest BCUT2D eigenvalue weighted by molar-refractivity contribution is -0.125. The summed E-state index contributed by atoms with van der Waals surface area (Å²) in [5.41, 5.74) is 3.59. The average Bonchev–Trinajstić information content (AvgIpc) is 3.45. The first kappa shape index (κ1) is 24.7. The third-order valence-electron chi connectivity index (χ3n) is 6.56. The zero-order valence-corrected chi connectivity index (χ0v) is 21.7. The van der Waals surface area contributed by atoms with Crippen LogP contribution >= 0.6 is 11.3 Å². The number of amides is 1. The molecule has 1 fully saturated rings. The summed E-state index contributed by atoms with van der Waals surface area (Å²) < 4.78 is 10.6. The van der Waals surface area contributed by atoms with Crippen molar-refractivity contribution < 1.29 is 14.3 Å². The minimum absolute atomic E-state index is 0.0169. The summed E-state index contributed by atoms with van der Waals surface area (Å²) in [6.45, 7) is 1.96. The number of carbonyl (C=O) groups is 1. The van der Waals surface area contributed by atoms with Crippen molar-refractivity contribution >= 4 is 23.1 Å². The molecule has 2 aromatic carbocycles. The third-order valence-corrected chi connectivity index (χ3v) is 7.50. The smallest absolute Gasteiger partial charge is 0.223 e. The van der Waals surface area contributed by atoms with E-state index in [4.69, 9.17) is 9.47 Å². The van der Waals surface area contributed by atoms with Crippen LogP contribution in [0.1, 0.15) is 18.5 Å². The molecule has 2 aromatic heterocycles. The highest BCUT2D eigenvalue weighted by atomic mass is 32.1. The van der Waals surface area contributed by atoms with Gasteiger partial charge in [-0.15, -0.1) is 21.5 Å². The number of ether oxygens (including phenoxy) is 2. The van der Waals surface area contributed by atoms with Gasteiger partial charge in [0.2, 0.25) is 5.91 Å². The second-order valence-electron chi connectivity index (χ2n) is 8.83. The van der Waals surface area contributed by atoms with Gasteiger partial charge in [0.15, 0.2) is 5.82 Å². The van der Waals surface area contributed by atoms with Crippen LogP contribution in [0.5, 0.6) is 11.5 Å². The molecule has 0 atom stereocenters. The molecule has 1 amide bonds. The zero-order valence-electron chi connectivity index (χ0n) is 20.9. The fourth-order valence-electron chi connectivity index (χ4n) is 4.44. The number of nitrogens with zero attached hydrogens (tertiary/aromatic N) is 4. The van der Waals surface area contributed by atoms with Gasteiger partial charge in [-0.3, -0.25) is 4.79 Å². The van der Waals surface area contributed by atoms with Crippen LogP contribution in [0.3, 0.4) is 0 Å². The maximum Gasteiger partial charge on any atom is 0.223 e. The quantitative estimate of drug-likeness (QED) is 0.360. The summed E-state index contributed by atoms with van der Waals surface area (Å²) >= 11 is 1.57. The molecule has 1 N–H and O–H groups in total. The van der Waals surface area contributed by atoms with Crippen molar-refractivity contribution in [1.82, 2.24) is 20.5 Å². The predicted molar refractivity (Wildman–Crippen MR) is 145 cm³/mol. The lowest BCUT2D eigenvalue weighted by Crippen LogP contribution is -2.40. The van der Waals surface area contributed by atoms with Gasteiger partial charge in [-0.2, -0.15) is 0 Å². The molecule has 3 heterocycles. The number of piperidine rings is 1. The van der Waals surface area contributed by atoms with E-state index in [0.717, 1.165) is 70.8 Å². The monoisotopic (exact) mass is 515 g/mol. The Hall–Kier alpha value is -3.98. The van der Waals surface area contributed by atoms with Gasteiger partial charge in [0.05, 0.1) is 32.2 Å². The molecule has 190 valence electrons. The van der Waals surface area contributed by atoms with Gasteiger partial charge in [0, 0.05) is 35.5 Å².